The van der Waals surface area contributed by atoms with Gasteiger partial charge in [0, 0.05) is 10.9 Å². The molecule has 0 radical (unpaired) electrons. The Labute approximate surface area is 145 Å². The van der Waals surface area contributed by atoms with Crippen LogP contribution in [0.25, 0.3) is 11.0 Å². The van der Waals surface area contributed by atoms with Gasteiger partial charge in [-0.1, -0.05) is 35.9 Å². The maximum absolute atomic E-state index is 12.4. The lowest BCUT2D eigenvalue weighted by Gasteiger charge is -2.10. The van der Waals surface area contributed by atoms with Crippen molar-refractivity contribution < 1.29 is 17.6 Å². The summed E-state index contributed by atoms with van der Waals surface area (Å²) in [6.45, 7) is 5.33. The molecule has 0 aliphatic carbocycles. The molecule has 2 N–H and O–H groups in total. The van der Waals surface area contributed by atoms with Gasteiger partial charge in [0.05, 0.1) is 4.90 Å². The molecule has 7 heteroatoms. The van der Waals surface area contributed by atoms with E-state index in [1.807, 2.05) is 19.1 Å². The van der Waals surface area contributed by atoms with Gasteiger partial charge in [0.2, 0.25) is 0 Å². The third kappa shape index (κ3) is 3.29. The largest absolute Gasteiger partial charge is 0.451 e. The molecule has 1 aromatic heterocycles. The number of rotatable bonds is 4. The predicted octanol–water partition coefficient (Wildman–Crippen LogP) is 2.98. The summed E-state index contributed by atoms with van der Waals surface area (Å²) in [5.74, 6) is -0.577. The van der Waals surface area contributed by atoms with E-state index in [-0.39, 0.29) is 10.7 Å². The first-order valence-corrected chi connectivity index (χ1v) is 9.15. The topological polar surface area (TPSA) is 88.4 Å². The maximum atomic E-state index is 12.4. The Morgan fingerprint density at radius 3 is 2.44 bits per heavy atom. The molecule has 0 saturated heterocycles. The molecule has 0 aliphatic heterocycles. The number of benzene rings is 2. The molecule has 0 aliphatic rings. The molecule has 1 heterocycles. The molecule has 0 bridgehead atoms. The Hall–Kier alpha value is -2.64. The monoisotopic (exact) mass is 358 g/mol. The van der Waals surface area contributed by atoms with E-state index >= 15 is 0 Å². The van der Waals surface area contributed by atoms with Crippen LogP contribution in [0.3, 0.4) is 0 Å². The van der Waals surface area contributed by atoms with Crippen LogP contribution in [-0.4, -0.2) is 14.3 Å². The smallest absolute Gasteiger partial charge is 0.302 e. The highest BCUT2D eigenvalue weighted by Gasteiger charge is 2.21. The molecule has 0 spiro atoms. The Balaban J connectivity index is 1.82. The first-order chi connectivity index (χ1) is 11.8. The molecule has 3 rings (SSSR count). The highest BCUT2D eigenvalue weighted by molar-refractivity contribution is 7.89. The van der Waals surface area contributed by atoms with Gasteiger partial charge in [-0.15, -0.1) is 4.83 Å². The quantitative estimate of drug-likeness (QED) is 0.702. The SMILES string of the molecule is Cc1ccc(S(=O)(=O)NNC(=O)c2oc3ccccc3c2C)c(C)c1. The molecule has 1 amide bonds. The summed E-state index contributed by atoms with van der Waals surface area (Å²) in [7, 11) is -3.88. The zero-order valence-electron chi connectivity index (χ0n) is 14.1. The number of para-hydroxylation sites is 1. The fraction of sp³-hybridized carbons (Fsp3) is 0.167. The van der Waals surface area contributed by atoms with Crippen LogP contribution >= 0.6 is 0 Å². The van der Waals surface area contributed by atoms with E-state index < -0.39 is 15.9 Å². The number of carbonyl (C=O) groups excluding carboxylic acids is 1. The van der Waals surface area contributed by atoms with Gasteiger partial charge in [-0.2, -0.15) is 0 Å². The van der Waals surface area contributed by atoms with Crippen molar-refractivity contribution >= 4 is 26.9 Å². The van der Waals surface area contributed by atoms with Crippen LogP contribution in [0, 0.1) is 20.8 Å². The highest BCUT2D eigenvalue weighted by atomic mass is 32.2. The summed E-state index contributed by atoms with van der Waals surface area (Å²) in [5, 5.41) is 0.810. The lowest BCUT2D eigenvalue weighted by molar-refractivity contribution is 0.0918. The predicted molar refractivity (Wildman–Crippen MR) is 94.7 cm³/mol. The number of nitrogens with one attached hydrogen (secondary N) is 2. The maximum Gasteiger partial charge on any atom is 0.302 e. The van der Waals surface area contributed by atoms with E-state index in [9.17, 15) is 13.2 Å². The second-order valence-corrected chi connectivity index (χ2v) is 7.53. The van der Waals surface area contributed by atoms with Gasteiger partial charge in [0.1, 0.15) is 5.58 Å². The molecule has 0 atom stereocenters. The lowest BCUT2D eigenvalue weighted by Crippen LogP contribution is -2.41. The third-order valence-corrected chi connectivity index (χ3v) is 5.38. The van der Waals surface area contributed by atoms with Crippen LogP contribution in [0.4, 0.5) is 0 Å². The number of carbonyl (C=O) groups is 1. The van der Waals surface area contributed by atoms with E-state index in [1.54, 1.807) is 38.1 Å². The molecule has 3 aromatic rings. The molecule has 0 fully saturated rings. The number of aryl methyl sites for hydroxylation is 3. The number of amides is 1. The number of fused-ring (bicyclic) bond motifs is 1. The molecule has 0 unspecified atom stereocenters. The van der Waals surface area contributed by atoms with Crippen molar-refractivity contribution in [1.82, 2.24) is 10.3 Å². The van der Waals surface area contributed by atoms with E-state index in [0.29, 0.717) is 16.7 Å². The summed E-state index contributed by atoms with van der Waals surface area (Å²) in [6.07, 6.45) is 0. The molecule has 130 valence electrons. The number of hydrazine groups is 1. The van der Waals surface area contributed by atoms with E-state index in [4.69, 9.17) is 4.42 Å². The zero-order valence-corrected chi connectivity index (χ0v) is 14.9. The van der Waals surface area contributed by atoms with Crippen LogP contribution in [0.5, 0.6) is 0 Å². The van der Waals surface area contributed by atoms with Crippen molar-refractivity contribution in [3.05, 3.63) is 64.9 Å². The van der Waals surface area contributed by atoms with Crippen LogP contribution in [0.2, 0.25) is 0 Å². The minimum absolute atomic E-state index is 0.0736. The van der Waals surface area contributed by atoms with Crippen molar-refractivity contribution in [3.8, 4) is 0 Å². The standard InChI is InChI=1S/C18H18N2O4S/c1-11-8-9-16(12(2)10-11)25(22,23)20-19-18(21)17-13(3)14-6-4-5-7-15(14)24-17/h4-10,20H,1-3H3,(H,19,21). The van der Waals surface area contributed by atoms with E-state index in [0.717, 1.165) is 10.9 Å². The average molecular weight is 358 g/mol. The molecular formula is C18H18N2O4S. The Bertz CT molecular complexity index is 1070. The minimum Gasteiger partial charge on any atom is -0.451 e. The van der Waals surface area contributed by atoms with Gasteiger partial charge in [0.15, 0.2) is 5.76 Å². The van der Waals surface area contributed by atoms with Gasteiger partial charge in [0.25, 0.3) is 10.0 Å². The van der Waals surface area contributed by atoms with Gasteiger partial charge in [-0.3, -0.25) is 10.2 Å². The van der Waals surface area contributed by atoms with E-state index in [1.165, 1.54) is 6.07 Å². The summed E-state index contributed by atoms with van der Waals surface area (Å²) in [6, 6.07) is 12.2. The average Bonchev–Trinajstić information content (AvgIpc) is 2.90. The third-order valence-electron chi connectivity index (χ3n) is 3.97. The fourth-order valence-corrected chi connectivity index (χ4v) is 3.78. The lowest BCUT2D eigenvalue weighted by atomic mass is 10.1. The second-order valence-electron chi connectivity index (χ2n) is 5.88. The first-order valence-electron chi connectivity index (χ1n) is 7.67. The number of hydrogen-bond donors (Lipinski definition) is 2. The number of sulfonamides is 1. The van der Waals surface area contributed by atoms with Crippen LogP contribution < -0.4 is 10.3 Å². The summed E-state index contributed by atoms with van der Waals surface area (Å²) in [5.41, 5.74) is 4.99. The van der Waals surface area contributed by atoms with Crippen LogP contribution in [0.1, 0.15) is 27.2 Å². The second kappa shape index (κ2) is 6.34. The molecule has 2 aromatic carbocycles. The van der Waals surface area contributed by atoms with Crippen molar-refractivity contribution in [2.45, 2.75) is 25.7 Å². The summed E-state index contributed by atoms with van der Waals surface area (Å²) < 4.78 is 30.3. The van der Waals surface area contributed by atoms with Gasteiger partial charge in [-0.25, -0.2) is 8.42 Å². The van der Waals surface area contributed by atoms with Crippen molar-refractivity contribution in [2.75, 3.05) is 0 Å². The molecule has 25 heavy (non-hydrogen) atoms. The minimum atomic E-state index is -3.88. The highest BCUT2D eigenvalue weighted by Crippen LogP contribution is 2.24. The van der Waals surface area contributed by atoms with Gasteiger partial charge >= 0.3 is 5.91 Å². The fourth-order valence-electron chi connectivity index (χ4n) is 2.72. The zero-order chi connectivity index (χ0) is 18.2. The van der Waals surface area contributed by atoms with E-state index in [2.05, 4.69) is 10.3 Å². The van der Waals surface area contributed by atoms with Gasteiger partial charge in [-0.05, 0) is 38.5 Å². The molecular weight excluding hydrogens is 340 g/mol. The van der Waals surface area contributed by atoms with Crippen LogP contribution in [-0.2, 0) is 10.0 Å². The summed E-state index contributed by atoms with van der Waals surface area (Å²) >= 11 is 0. The van der Waals surface area contributed by atoms with Gasteiger partial charge < -0.3 is 4.42 Å². The van der Waals surface area contributed by atoms with Crippen molar-refractivity contribution in [1.29, 1.82) is 0 Å². The van der Waals surface area contributed by atoms with Crippen molar-refractivity contribution in [2.24, 2.45) is 0 Å². The van der Waals surface area contributed by atoms with Crippen LogP contribution in [0.15, 0.2) is 51.8 Å². The number of furan rings is 1. The number of hydrogen-bond acceptors (Lipinski definition) is 4. The molecule has 6 nitrogen and oxygen atoms in total. The Morgan fingerprint density at radius 2 is 1.76 bits per heavy atom. The van der Waals surface area contributed by atoms with Crippen molar-refractivity contribution in [3.63, 3.8) is 0 Å². The summed E-state index contributed by atoms with van der Waals surface area (Å²) in [4.78, 5) is 14.5. The normalized spacial score (nSPS) is 11.6. The molecule has 0 saturated carbocycles. The Morgan fingerprint density at radius 1 is 1.04 bits per heavy atom. The Kier molecular flexibility index (Phi) is 4.36. The first kappa shape index (κ1) is 17.2.